The van der Waals surface area contributed by atoms with E-state index >= 15 is 0 Å². The Morgan fingerprint density at radius 2 is 2.19 bits per heavy atom. The average molecular weight is 216 g/mol. The maximum Gasteiger partial charge on any atom is 0.0449 e. The van der Waals surface area contributed by atoms with Crippen LogP contribution in [0.25, 0.3) is 0 Å². The normalized spacial score (nSPS) is 26.2. The first-order valence-corrected chi connectivity index (χ1v) is 6.33. The number of hydrogen-bond acceptors (Lipinski definition) is 2. The molecule has 1 aromatic carbocycles. The van der Waals surface area contributed by atoms with Gasteiger partial charge < -0.3 is 10.6 Å². The molecule has 3 rings (SSSR count). The monoisotopic (exact) mass is 216 g/mol. The van der Waals surface area contributed by atoms with Crippen molar-refractivity contribution in [3.8, 4) is 0 Å². The smallest absolute Gasteiger partial charge is 0.0449 e. The van der Waals surface area contributed by atoms with Crippen LogP contribution in [0.1, 0.15) is 36.9 Å². The number of rotatable bonds is 3. The third-order valence-corrected chi connectivity index (χ3v) is 3.95. The molecule has 0 bridgehead atoms. The summed E-state index contributed by atoms with van der Waals surface area (Å²) < 4.78 is 0. The van der Waals surface area contributed by atoms with Crippen LogP contribution in [0, 0.1) is 0 Å². The van der Waals surface area contributed by atoms with Crippen LogP contribution in [0.15, 0.2) is 24.3 Å². The summed E-state index contributed by atoms with van der Waals surface area (Å²) in [5, 5.41) is 7.29. The zero-order valence-electron chi connectivity index (χ0n) is 9.92. The van der Waals surface area contributed by atoms with Gasteiger partial charge in [0.15, 0.2) is 0 Å². The average Bonchev–Trinajstić information content (AvgIpc) is 3.05. The summed E-state index contributed by atoms with van der Waals surface area (Å²) in [6.07, 6.45) is 3.84. The molecule has 0 spiro atoms. The lowest BCUT2D eigenvalue weighted by atomic mass is 9.94. The van der Waals surface area contributed by atoms with E-state index in [4.69, 9.17) is 0 Å². The number of benzene rings is 1. The van der Waals surface area contributed by atoms with Crippen molar-refractivity contribution in [1.82, 2.24) is 10.6 Å². The van der Waals surface area contributed by atoms with Gasteiger partial charge in [0.1, 0.15) is 0 Å². The van der Waals surface area contributed by atoms with E-state index in [0.29, 0.717) is 11.6 Å². The van der Waals surface area contributed by atoms with Crippen molar-refractivity contribution < 1.29 is 0 Å². The molecule has 1 fully saturated rings. The zero-order valence-corrected chi connectivity index (χ0v) is 9.92. The van der Waals surface area contributed by atoms with Crippen LogP contribution in [0.3, 0.4) is 0 Å². The second-order valence-corrected chi connectivity index (χ2v) is 5.40. The van der Waals surface area contributed by atoms with E-state index in [2.05, 4.69) is 41.8 Å². The van der Waals surface area contributed by atoms with Crippen molar-refractivity contribution in [3.05, 3.63) is 35.4 Å². The third kappa shape index (κ3) is 2.00. The number of hydrogen-bond donors (Lipinski definition) is 2. The van der Waals surface area contributed by atoms with E-state index in [1.54, 1.807) is 0 Å². The highest BCUT2D eigenvalue weighted by Gasteiger charge is 2.37. The Bertz CT molecular complexity index is 382. The minimum Gasteiger partial charge on any atom is -0.310 e. The molecule has 1 unspecified atom stereocenters. The topological polar surface area (TPSA) is 24.1 Å². The second-order valence-electron chi connectivity index (χ2n) is 5.40. The Kier molecular flexibility index (Phi) is 2.49. The summed E-state index contributed by atoms with van der Waals surface area (Å²) in [6, 6.07) is 9.34. The fourth-order valence-corrected chi connectivity index (χ4v) is 2.49. The van der Waals surface area contributed by atoms with Gasteiger partial charge in [0.2, 0.25) is 0 Å². The predicted octanol–water partition coefficient (Wildman–Crippen LogP) is 2.02. The van der Waals surface area contributed by atoms with Gasteiger partial charge in [-0.05, 0) is 43.9 Å². The van der Waals surface area contributed by atoms with E-state index < -0.39 is 0 Å². The van der Waals surface area contributed by atoms with Gasteiger partial charge in [-0.3, -0.25) is 0 Å². The molecule has 0 radical (unpaired) electrons. The van der Waals surface area contributed by atoms with Crippen molar-refractivity contribution in [2.45, 2.75) is 37.8 Å². The molecule has 2 nitrogen and oxygen atoms in total. The van der Waals surface area contributed by atoms with Gasteiger partial charge in [0.25, 0.3) is 0 Å². The van der Waals surface area contributed by atoms with Crippen LogP contribution in [0.2, 0.25) is 0 Å². The number of fused-ring (bicyclic) bond motifs is 1. The molecule has 2 aliphatic rings. The molecule has 0 amide bonds. The maximum absolute atomic E-state index is 3.68. The van der Waals surface area contributed by atoms with Gasteiger partial charge in [-0.2, -0.15) is 0 Å². The zero-order chi connectivity index (χ0) is 11.0. The van der Waals surface area contributed by atoms with Crippen LogP contribution in [0.4, 0.5) is 0 Å². The molecular formula is C14H20N2. The molecular weight excluding hydrogens is 196 g/mol. The van der Waals surface area contributed by atoms with Crippen molar-refractivity contribution >= 4 is 0 Å². The van der Waals surface area contributed by atoms with Crippen LogP contribution < -0.4 is 10.6 Å². The number of nitrogens with one attached hydrogen (secondary N) is 2. The van der Waals surface area contributed by atoms with Crippen molar-refractivity contribution in [2.75, 3.05) is 13.1 Å². The summed E-state index contributed by atoms with van der Waals surface area (Å²) in [5.41, 5.74) is 3.45. The molecule has 1 saturated carbocycles. The highest BCUT2D eigenvalue weighted by atomic mass is 15.1. The molecule has 16 heavy (non-hydrogen) atoms. The SMILES string of the molecule is CC1(NCC2NCCc3ccccc32)CC1. The van der Waals surface area contributed by atoms with E-state index in [1.165, 1.54) is 30.4 Å². The lowest BCUT2D eigenvalue weighted by Gasteiger charge is -2.28. The Morgan fingerprint density at radius 3 is 3.00 bits per heavy atom. The van der Waals surface area contributed by atoms with Crippen LogP contribution in [0.5, 0.6) is 0 Å². The molecule has 1 heterocycles. The van der Waals surface area contributed by atoms with E-state index in [0.717, 1.165) is 13.1 Å². The van der Waals surface area contributed by atoms with Gasteiger partial charge in [-0.1, -0.05) is 24.3 Å². The first-order chi connectivity index (χ1) is 7.77. The first-order valence-electron chi connectivity index (χ1n) is 6.33. The lowest BCUT2D eigenvalue weighted by Crippen LogP contribution is -2.40. The Labute approximate surface area is 97.4 Å². The van der Waals surface area contributed by atoms with Crippen molar-refractivity contribution in [1.29, 1.82) is 0 Å². The van der Waals surface area contributed by atoms with Crippen molar-refractivity contribution in [3.63, 3.8) is 0 Å². The van der Waals surface area contributed by atoms with Gasteiger partial charge >= 0.3 is 0 Å². The highest BCUT2D eigenvalue weighted by molar-refractivity contribution is 5.32. The van der Waals surface area contributed by atoms with Gasteiger partial charge in [-0.15, -0.1) is 0 Å². The molecule has 2 N–H and O–H groups in total. The van der Waals surface area contributed by atoms with E-state index in [-0.39, 0.29) is 0 Å². The Morgan fingerprint density at radius 1 is 1.38 bits per heavy atom. The van der Waals surface area contributed by atoms with Gasteiger partial charge in [-0.25, -0.2) is 0 Å². The molecule has 86 valence electrons. The summed E-state index contributed by atoms with van der Waals surface area (Å²) in [7, 11) is 0. The molecule has 0 aromatic heterocycles. The van der Waals surface area contributed by atoms with Gasteiger partial charge in [0.05, 0.1) is 0 Å². The summed E-state index contributed by atoms with van der Waals surface area (Å²) >= 11 is 0. The lowest BCUT2D eigenvalue weighted by molar-refractivity contribution is 0.429. The predicted molar refractivity (Wildman–Crippen MR) is 66.5 cm³/mol. The van der Waals surface area contributed by atoms with Crippen LogP contribution in [-0.4, -0.2) is 18.6 Å². The van der Waals surface area contributed by atoms with Crippen molar-refractivity contribution in [2.24, 2.45) is 0 Å². The fourth-order valence-electron chi connectivity index (χ4n) is 2.49. The van der Waals surface area contributed by atoms with Crippen LogP contribution in [-0.2, 0) is 6.42 Å². The molecule has 1 aromatic rings. The summed E-state index contributed by atoms with van der Waals surface area (Å²) in [6.45, 7) is 4.50. The largest absolute Gasteiger partial charge is 0.310 e. The summed E-state index contributed by atoms with van der Waals surface area (Å²) in [5.74, 6) is 0. The Balaban J connectivity index is 1.71. The molecule has 1 aliphatic carbocycles. The highest BCUT2D eigenvalue weighted by Crippen LogP contribution is 2.35. The van der Waals surface area contributed by atoms with Crippen LogP contribution >= 0.6 is 0 Å². The fraction of sp³-hybridized carbons (Fsp3) is 0.571. The molecule has 0 saturated heterocycles. The quantitative estimate of drug-likeness (QED) is 0.807. The first kappa shape index (κ1) is 10.3. The third-order valence-electron chi connectivity index (χ3n) is 3.95. The second kappa shape index (κ2) is 3.86. The molecule has 1 aliphatic heterocycles. The molecule has 1 atom stereocenters. The minimum atomic E-state index is 0.439. The van der Waals surface area contributed by atoms with Gasteiger partial charge in [0, 0.05) is 18.1 Å². The minimum absolute atomic E-state index is 0.439. The Hall–Kier alpha value is -0.860. The van der Waals surface area contributed by atoms with E-state index in [1.807, 2.05) is 0 Å². The van der Waals surface area contributed by atoms with E-state index in [9.17, 15) is 0 Å². The summed E-state index contributed by atoms with van der Waals surface area (Å²) in [4.78, 5) is 0. The standard InChI is InChI=1S/C14H20N2/c1-14(7-8-14)16-10-13-12-5-3-2-4-11(12)6-9-15-13/h2-5,13,15-16H,6-10H2,1H3. The maximum atomic E-state index is 3.68. The molecule has 2 heteroatoms.